The molecule has 30 heavy (non-hydrogen) atoms. The Bertz CT molecular complexity index is 1130. The fourth-order valence-electron chi connectivity index (χ4n) is 5.48. The van der Waals surface area contributed by atoms with Crippen molar-refractivity contribution in [1.82, 2.24) is 24.9 Å². The lowest BCUT2D eigenvalue weighted by atomic mass is 9.71. The molecule has 1 amide bonds. The SMILES string of the molecule is Cc1ccc(NC2CC34CC3CN(C(=O)c3cccc(F)c3-n3nccn3)C24)nc1. The predicted molar refractivity (Wildman–Crippen MR) is 108 cm³/mol. The van der Waals surface area contributed by atoms with E-state index in [9.17, 15) is 9.18 Å². The molecule has 8 heteroatoms. The highest BCUT2D eigenvalue weighted by atomic mass is 19.1. The smallest absolute Gasteiger partial charge is 0.256 e. The van der Waals surface area contributed by atoms with Crippen LogP contribution in [0.3, 0.4) is 0 Å². The van der Waals surface area contributed by atoms with Gasteiger partial charge in [0.1, 0.15) is 11.5 Å². The van der Waals surface area contributed by atoms with Gasteiger partial charge in [-0.15, -0.1) is 4.80 Å². The summed E-state index contributed by atoms with van der Waals surface area (Å²) < 4.78 is 14.6. The molecular weight excluding hydrogens is 383 g/mol. The molecule has 2 aromatic heterocycles. The number of nitrogens with zero attached hydrogens (tertiary/aromatic N) is 5. The van der Waals surface area contributed by atoms with Crippen molar-refractivity contribution in [3.8, 4) is 5.69 Å². The van der Waals surface area contributed by atoms with Gasteiger partial charge >= 0.3 is 0 Å². The molecule has 1 N–H and O–H groups in total. The van der Waals surface area contributed by atoms with Crippen molar-refractivity contribution in [1.29, 1.82) is 0 Å². The number of benzene rings is 1. The summed E-state index contributed by atoms with van der Waals surface area (Å²) in [6, 6.07) is 8.79. The maximum Gasteiger partial charge on any atom is 0.256 e. The van der Waals surface area contributed by atoms with Crippen molar-refractivity contribution in [3.05, 3.63) is 65.9 Å². The van der Waals surface area contributed by atoms with Crippen molar-refractivity contribution < 1.29 is 9.18 Å². The molecular formula is C22H21FN6O. The molecule has 1 saturated heterocycles. The Kier molecular flexibility index (Phi) is 3.57. The second-order valence-electron chi connectivity index (χ2n) is 8.67. The molecule has 3 heterocycles. The van der Waals surface area contributed by atoms with Crippen LogP contribution in [-0.4, -0.2) is 49.4 Å². The van der Waals surface area contributed by atoms with Gasteiger partial charge in [-0.3, -0.25) is 4.79 Å². The van der Waals surface area contributed by atoms with E-state index in [1.54, 1.807) is 12.1 Å². The van der Waals surface area contributed by atoms with E-state index in [1.165, 1.54) is 23.3 Å². The molecule has 2 saturated carbocycles. The van der Waals surface area contributed by atoms with Gasteiger partial charge in [-0.05, 0) is 54.9 Å². The van der Waals surface area contributed by atoms with Gasteiger partial charge in [-0.1, -0.05) is 12.1 Å². The lowest BCUT2D eigenvalue weighted by Crippen LogP contribution is -2.60. The molecule has 2 aliphatic carbocycles. The van der Waals surface area contributed by atoms with Gasteiger partial charge in [0, 0.05) is 18.8 Å². The standard InChI is InChI=1S/C22H21FN6O/c1-13-5-6-18(24-11-13)27-17-10-22-9-14(22)12-28(20(17)22)21(30)15-3-2-4-16(23)19(15)29-25-7-8-26-29/h2-8,11,14,17,20H,9-10,12H2,1H3,(H,24,27). The highest BCUT2D eigenvalue weighted by molar-refractivity contribution is 5.98. The summed E-state index contributed by atoms with van der Waals surface area (Å²) in [5.41, 5.74) is 1.72. The average molecular weight is 404 g/mol. The maximum absolute atomic E-state index is 14.6. The molecule has 3 aromatic rings. The van der Waals surface area contributed by atoms with Gasteiger partial charge < -0.3 is 10.2 Å². The summed E-state index contributed by atoms with van der Waals surface area (Å²) in [6.07, 6.45) is 6.99. The number of para-hydroxylation sites is 1. The van der Waals surface area contributed by atoms with E-state index < -0.39 is 5.82 Å². The van der Waals surface area contributed by atoms with Gasteiger partial charge in [0.05, 0.1) is 24.0 Å². The van der Waals surface area contributed by atoms with Gasteiger partial charge in [0.15, 0.2) is 5.82 Å². The number of rotatable bonds is 4. The summed E-state index contributed by atoms with van der Waals surface area (Å²) in [5.74, 6) is 0.685. The Morgan fingerprint density at radius 2 is 2.03 bits per heavy atom. The Balaban J connectivity index is 1.31. The number of carbonyl (C=O) groups excluding carboxylic acids is 1. The number of hydrogen-bond donors (Lipinski definition) is 1. The second kappa shape index (κ2) is 6.10. The van der Waals surface area contributed by atoms with E-state index in [0.717, 1.165) is 24.2 Å². The lowest BCUT2D eigenvalue weighted by Gasteiger charge is -2.48. The minimum atomic E-state index is -0.511. The molecule has 1 aliphatic heterocycles. The monoisotopic (exact) mass is 404 g/mol. The van der Waals surface area contributed by atoms with Crippen LogP contribution >= 0.6 is 0 Å². The molecule has 1 spiro atoms. The molecule has 3 fully saturated rings. The first-order valence-electron chi connectivity index (χ1n) is 10.2. The first kappa shape index (κ1) is 17.6. The predicted octanol–water partition coefficient (Wildman–Crippen LogP) is 2.82. The van der Waals surface area contributed by atoms with Crippen LogP contribution in [0.4, 0.5) is 10.2 Å². The summed E-state index contributed by atoms with van der Waals surface area (Å²) in [4.78, 5) is 21.1. The third kappa shape index (κ3) is 2.42. The molecule has 152 valence electrons. The zero-order valence-electron chi connectivity index (χ0n) is 16.5. The largest absolute Gasteiger partial charge is 0.365 e. The second-order valence-corrected chi connectivity index (χ2v) is 8.67. The van der Waals surface area contributed by atoms with Gasteiger partial charge in [0.25, 0.3) is 5.91 Å². The van der Waals surface area contributed by atoms with Crippen LogP contribution in [0.2, 0.25) is 0 Å². The minimum Gasteiger partial charge on any atom is -0.365 e. The number of likely N-dealkylation sites (tertiary alicyclic amines) is 1. The molecule has 4 unspecified atom stereocenters. The number of halogens is 1. The summed E-state index contributed by atoms with van der Waals surface area (Å²) >= 11 is 0. The third-order valence-corrected chi connectivity index (χ3v) is 6.94. The average Bonchev–Trinajstić information content (AvgIpc) is 3.09. The third-order valence-electron chi connectivity index (χ3n) is 6.94. The number of nitrogens with one attached hydrogen (secondary N) is 1. The van der Waals surface area contributed by atoms with Crippen LogP contribution in [0, 0.1) is 24.1 Å². The lowest BCUT2D eigenvalue weighted by molar-refractivity contribution is 0.0471. The van der Waals surface area contributed by atoms with Crippen LogP contribution in [0.25, 0.3) is 5.69 Å². The van der Waals surface area contributed by atoms with E-state index in [-0.39, 0.29) is 29.1 Å². The fourth-order valence-corrected chi connectivity index (χ4v) is 5.48. The number of amides is 1. The molecule has 0 bridgehead atoms. The van der Waals surface area contributed by atoms with Crippen LogP contribution in [-0.2, 0) is 0 Å². The zero-order valence-corrected chi connectivity index (χ0v) is 16.5. The summed E-state index contributed by atoms with van der Waals surface area (Å²) in [6.45, 7) is 2.72. The zero-order chi connectivity index (χ0) is 20.5. The molecule has 7 nitrogen and oxygen atoms in total. The van der Waals surface area contributed by atoms with E-state index in [1.807, 2.05) is 30.2 Å². The number of aryl methyl sites for hydroxylation is 1. The Labute approximate surface area is 172 Å². The first-order chi connectivity index (χ1) is 14.6. The first-order valence-corrected chi connectivity index (χ1v) is 10.2. The topological polar surface area (TPSA) is 75.9 Å². The summed E-state index contributed by atoms with van der Waals surface area (Å²) in [5, 5.41) is 11.6. The molecule has 1 aromatic carbocycles. The number of pyridine rings is 1. The van der Waals surface area contributed by atoms with Crippen LogP contribution in [0.1, 0.15) is 28.8 Å². The molecule has 3 aliphatic rings. The number of carbonyl (C=O) groups is 1. The van der Waals surface area contributed by atoms with Gasteiger partial charge in [-0.2, -0.15) is 10.2 Å². The number of piperidine rings is 1. The number of anilines is 1. The van der Waals surface area contributed by atoms with Crippen molar-refractivity contribution in [2.75, 3.05) is 11.9 Å². The van der Waals surface area contributed by atoms with Crippen molar-refractivity contribution in [3.63, 3.8) is 0 Å². The minimum absolute atomic E-state index is 0.0970. The van der Waals surface area contributed by atoms with E-state index in [0.29, 0.717) is 18.0 Å². The molecule has 6 rings (SSSR count). The van der Waals surface area contributed by atoms with E-state index >= 15 is 0 Å². The van der Waals surface area contributed by atoms with Crippen LogP contribution in [0.15, 0.2) is 48.9 Å². The van der Waals surface area contributed by atoms with E-state index in [2.05, 4.69) is 20.5 Å². The normalized spacial score (nSPS) is 28.5. The number of aromatic nitrogens is 4. The highest BCUT2D eigenvalue weighted by Crippen LogP contribution is 2.71. The highest BCUT2D eigenvalue weighted by Gasteiger charge is 2.75. The van der Waals surface area contributed by atoms with Crippen molar-refractivity contribution >= 4 is 11.7 Å². The van der Waals surface area contributed by atoms with Crippen LogP contribution in [0.5, 0.6) is 0 Å². The Morgan fingerprint density at radius 1 is 1.20 bits per heavy atom. The maximum atomic E-state index is 14.6. The van der Waals surface area contributed by atoms with Gasteiger partial charge in [-0.25, -0.2) is 9.37 Å². The quantitative estimate of drug-likeness (QED) is 0.724. The fraction of sp³-hybridized carbons (Fsp3) is 0.364. The van der Waals surface area contributed by atoms with Crippen molar-refractivity contribution in [2.45, 2.75) is 31.8 Å². The molecule has 4 atom stereocenters. The van der Waals surface area contributed by atoms with Crippen molar-refractivity contribution in [2.24, 2.45) is 11.3 Å². The van der Waals surface area contributed by atoms with Gasteiger partial charge in [0.2, 0.25) is 0 Å². The molecule has 0 radical (unpaired) electrons. The Hall–Kier alpha value is -3.29. The van der Waals surface area contributed by atoms with E-state index in [4.69, 9.17) is 0 Å². The van der Waals surface area contributed by atoms with Crippen LogP contribution < -0.4 is 5.32 Å². The Morgan fingerprint density at radius 3 is 2.80 bits per heavy atom. The summed E-state index contributed by atoms with van der Waals surface area (Å²) in [7, 11) is 0. The number of hydrogen-bond acceptors (Lipinski definition) is 5.